The van der Waals surface area contributed by atoms with Crippen molar-refractivity contribution < 1.29 is 23.7 Å². The van der Waals surface area contributed by atoms with E-state index in [2.05, 4.69) is 15.5 Å². The lowest BCUT2D eigenvalue weighted by Crippen LogP contribution is -2.24. The highest BCUT2D eigenvalue weighted by molar-refractivity contribution is 7.99. The fourth-order valence-corrected chi connectivity index (χ4v) is 4.46. The Morgan fingerprint density at radius 2 is 1.63 bits per heavy atom. The molecule has 0 radical (unpaired) electrons. The predicted molar refractivity (Wildman–Crippen MR) is 146 cm³/mol. The second-order valence-electron chi connectivity index (χ2n) is 7.78. The van der Waals surface area contributed by atoms with Crippen LogP contribution in [0.4, 0.5) is 0 Å². The van der Waals surface area contributed by atoms with Crippen LogP contribution in [-0.4, -0.2) is 55.9 Å². The second-order valence-corrected chi connectivity index (χ2v) is 8.72. The molecule has 11 heteroatoms. The fraction of sp³-hybridized carbons (Fsp3) is 0.185. The largest absolute Gasteiger partial charge is 0.497 e. The normalized spacial score (nSPS) is 10.9. The summed E-state index contributed by atoms with van der Waals surface area (Å²) < 4.78 is 22.7. The summed E-state index contributed by atoms with van der Waals surface area (Å²) in [5.41, 5.74) is 4.00. The van der Waals surface area contributed by atoms with Crippen molar-refractivity contribution in [2.75, 3.05) is 34.2 Å². The van der Waals surface area contributed by atoms with Gasteiger partial charge < -0.3 is 18.9 Å². The van der Waals surface area contributed by atoms with Crippen molar-refractivity contribution in [3.63, 3.8) is 0 Å². The highest BCUT2D eigenvalue weighted by Gasteiger charge is 2.15. The molecular formula is C27H26N4O6S. The average molecular weight is 535 g/mol. The molecule has 1 heterocycles. The van der Waals surface area contributed by atoms with Gasteiger partial charge in [0.1, 0.15) is 11.5 Å². The van der Waals surface area contributed by atoms with Gasteiger partial charge in [0.2, 0.25) is 0 Å². The van der Waals surface area contributed by atoms with E-state index in [1.807, 2.05) is 6.07 Å². The number of nitrogens with zero attached hydrogens (tertiary/aromatic N) is 3. The zero-order valence-electron chi connectivity index (χ0n) is 21.3. The number of hydrazone groups is 1. The first-order valence-corrected chi connectivity index (χ1v) is 12.4. The monoisotopic (exact) mass is 534 g/mol. The van der Waals surface area contributed by atoms with Crippen molar-refractivity contribution >= 4 is 34.8 Å². The van der Waals surface area contributed by atoms with Crippen molar-refractivity contribution in [1.29, 1.82) is 0 Å². The molecule has 1 amide bonds. The predicted octanol–water partition coefficient (Wildman–Crippen LogP) is 3.66. The number of hydrogen-bond acceptors (Lipinski definition) is 9. The lowest BCUT2D eigenvalue weighted by molar-refractivity contribution is -0.118. The van der Waals surface area contributed by atoms with Gasteiger partial charge in [0.25, 0.3) is 11.5 Å². The van der Waals surface area contributed by atoms with Crippen molar-refractivity contribution in [3.05, 3.63) is 76.6 Å². The summed E-state index contributed by atoms with van der Waals surface area (Å²) in [5.74, 6) is 1.76. The molecule has 0 aliphatic rings. The van der Waals surface area contributed by atoms with Gasteiger partial charge in [-0.3, -0.25) is 14.2 Å². The molecule has 4 rings (SSSR count). The van der Waals surface area contributed by atoms with E-state index in [0.717, 1.165) is 11.8 Å². The van der Waals surface area contributed by atoms with E-state index in [1.54, 1.807) is 61.7 Å². The molecule has 0 unspecified atom stereocenters. The minimum atomic E-state index is -0.380. The third kappa shape index (κ3) is 5.73. The van der Waals surface area contributed by atoms with E-state index in [0.29, 0.717) is 50.3 Å². The quantitative estimate of drug-likeness (QED) is 0.142. The standard InChI is InChI=1S/C27H26N4O6S/c1-34-19-11-9-18(10-12-19)31-26(33)20-7-5-6-8-21(20)29-27(31)38-16-25(32)30-28-15-17-13-23(36-3)24(37-4)14-22(17)35-2/h5-15H,16H2,1-4H3,(H,30,32)/b28-15-. The highest BCUT2D eigenvalue weighted by Crippen LogP contribution is 2.33. The lowest BCUT2D eigenvalue weighted by atomic mass is 10.2. The number of aromatic nitrogens is 2. The van der Waals surface area contributed by atoms with Gasteiger partial charge in [0.15, 0.2) is 16.7 Å². The first kappa shape index (κ1) is 26.6. The van der Waals surface area contributed by atoms with E-state index in [9.17, 15) is 9.59 Å². The van der Waals surface area contributed by atoms with Crippen LogP contribution in [0.5, 0.6) is 23.0 Å². The zero-order chi connectivity index (χ0) is 27.1. The van der Waals surface area contributed by atoms with Crippen LogP contribution in [0, 0.1) is 0 Å². The zero-order valence-corrected chi connectivity index (χ0v) is 22.1. The van der Waals surface area contributed by atoms with Crippen molar-refractivity contribution in [3.8, 4) is 28.7 Å². The van der Waals surface area contributed by atoms with E-state index in [-0.39, 0.29) is 17.2 Å². The summed E-state index contributed by atoms with van der Waals surface area (Å²) in [6.45, 7) is 0. The Hall–Kier alpha value is -4.51. The van der Waals surface area contributed by atoms with Crippen LogP contribution in [0.15, 0.2) is 75.7 Å². The Morgan fingerprint density at radius 1 is 0.947 bits per heavy atom. The number of ether oxygens (including phenoxy) is 4. The Balaban J connectivity index is 1.54. The molecule has 196 valence electrons. The molecule has 0 aliphatic carbocycles. The number of benzene rings is 3. The summed E-state index contributed by atoms with van der Waals surface area (Å²) in [4.78, 5) is 30.6. The van der Waals surface area contributed by atoms with Gasteiger partial charge in [-0.25, -0.2) is 10.4 Å². The highest BCUT2D eigenvalue weighted by atomic mass is 32.2. The molecule has 3 aromatic carbocycles. The minimum Gasteiger partial charge on any atom is -0.497 e. The van der Waals surface area contributed by atoms with E-state index in [4.69, 9.17) is 18.9 Å². The van der Waals surface area contributed by atoms with Gasteiger partial charge in [-0.2, -0.15) is 5.10 Å². The molecule has 1 N–H and O–H groups in total. The molecule has 0 aliphatic heterocycles. The van der Waals surface area contributed by atoms with Gasteiger partial charge in [-0.1, -0.05) is 23.9 Å². The Bertz CT molecular complexity index is 1540. The number of methoxy groups -OCH3 is 4. The molecule has 0 fully saturated rings. The molecule has 10 nitrogen and oxygen atoms in total. The van der Waals surface area contributed by atoms with Crippen LogP contribution in [0.2, 0.25) is 0 Å². The van der Waals surface area contributed by atoms with Crippen LogP contribution in [-0.2, 0) is 4.79 Å². The number of carbonyl (C=O) groups excluding carboxylic acids is 1. The number of para-hydroxylation sites is 1. The van der Waals surface area contributed by atoms with E-state index < -0.39 is 0 Å². The number of fused-ring (bicyclic) bond motifs is 1. The topological polar surface area (TPSA) is 113 Å². The third-order valence-electron chi connectivity index (χ3n) is 5.54. The fourth-order valence-electron chi connectivity index (χ4n) is 3.66. The maximum absolute atomic E-state index is 13.4. The van der Waals surface area contributed by atoms with Crippen molar-refractivity contribution in [2.24, 2.45) is 5.10 Å². The second kappa shape index (κ2) is 12.2. The maximum atomic E-state index is 13.4. The summed E-state index contributed by atoms with van der Waals surface area (Å²) in [5, 5.41) is 4.90. The van der Waals surface area contributed by atoms with Crippen LogP contribution in [0.3, 0.4) is 0 Å². The van der Waals surface area contributed by atoms with Crippen molar-refractivity contribution in [1.82, 2.24) is 15.0 Å². The van der Waals surface area contributed by atoms with E-state index >= 15 is 0 Å². The lowest BCUT2D eigenvalue weighted by Gasteiger charge is -2.13. The van der Waals surface area contributed by atoms with E-state index in [1.165, 1.54) is 32.1 Å². The molecular weight excluding hydrogens is 508 g/mol. The summed E-state index contributed by atoms with van der Waals surface area (Å²) >= 11 is 1.13. The van der Waals surface area contributed by atoms with Gasteiger partial charge in [-0.15, -0.1) is 0 Å². The third-order valence-corrected chi connectivity index (χ3v) is 6.48. The maximum Gasteiger partial charge on any atom is 0.266 e. The molecule has 38 heavy (non-hydrogen) atoms. The van der Waals surface area contributed by atoms with Crippen LogP contribution in [0.1, 0.15) is 5.56 Å². The molecule has 1 aromatic heterocycles. The molecule has 0 saturated heterocycles. The Morgan fingerprint density at radius 3 is 2.32 bits per heavy atom. The van der Waals surface area contributed by atoms with Crippen LogP contribution >= 0.6 is 11.8 Å². The first-order chi connectivity index (χ1) is 18.5. The number of rotatable bonds is 10. The number of carbonyl (C=O) groups is 1. The SMILES string of the molecule is COc1ccc(-n2c(SCC(=O)N/N=C\c3cc(OC)c(OC)cc3OC)nc3ccccc3c2=O)cc1. The molecule has 0 spiro atoms. The molecule has 0 atom stereocenters. The number of hydrogen-bond donors (Lipinski definition) is 1. The first-order valence-electron chi connectivity index (χ1n) is 11.4. The van der Waals surface area contributed by atoms with Gasteiger partial charge in [0.05, 0.1) is 57.0 Å². The molecule has 0 bridgehead atoms. The minimum absolute atomic E-state index is 0.0264. The number of thioether (sulfide) groups is 1. The Labute approximate surface area is 223 Å². The summed E-state index contributed by atoms with van der Waals surface area (Å²) in [6.07, 6.45) is 1.45. The van der Waals surface area contributed by atoms with Gasteiger partial charge in [0, 0.05) is 11.6 Å². The summed E-state index contributed by atoms with van der Waals surface area (Å²) in [7, 11) is 6.15. The Kier molecular flexibility index (Phi) is 8.49. The number of amides is 1. The van der Waals surface area contributed by atoms with Crippen LogP contribution < -0.4 is 29.9 Å². The van der Waals surface area contributed by atoms with Crippen LogP contribution in [0.25, 0.3) is 16.6 Å². The van der Waals surface area contributed by atoms with Gasteiger partial charge >= 0.3 is 0 Å². The molecule has 0 saturated carbocycles. The number of nitrogens with one attached hydrogen (secondary N) is 1. The smallest absolute Gasteiger partial charge is 0.266 e. The van der Waals surface area contributed by atoms with Gasteiger partial charge in [-0.05, 0) is 42.5 Å². The average Bonchev–Trinajstić information content (AvgIpc) is 2.96. The summed E-state index contributed by atoms with van der Waals surface area (Å²) in [6, 6.07) is 17.5. The molecule has 4 aromatic rings. The van der Waals surface area contributed by atoms with Crippen molar-refractivity contribution in [2.45, 2.75) is 5.16 Å².